The Kier molecular flexibility index (Phi) is 5.17. The lowest BCUT2D eigenvalue weighted by Gasteiger charge is -2.22. The highest BCUT2D eigenvalue weighted by atomic mass is 16.5. The summed E-state index contributed by atoms with van der Waals surface area (Å²) >= 11 is 0. The van der Waals surface area contributed by atoms with E-state index in [2.05, 4.69) is 10.3 Å². The molecule has 2 N–H and O–H groups in total. The summed E-state index contributed by atoms with van der Waals surface area (Å²) in [6.07, 6.45) is 0. The molecule has 0 bridgehead atoms. The number of nitrogens with zero attached hydrogens (tertiary/aromatic N) is 1. The van der Waals surface area contributed by atoms with Gasteiger partial charge in [0.1, 0.15) is 11.3 Å². The van der Waals surface area contributed by atoms with Crippen LogP contribution in [-0.2, 0) is 10.3 Å². The van der Waals surface area contributed by atoms with Crippen LogP contribution in [0, 0.1) is 0 Å². The summed E-state index contributed by atoms with van der Waals surface area (Å²) < 4.78 is 5.18. The third-order valence-electron chi connectivity index (χ3n) is 6.29. The Morgan fingerprint density at radius 3 is 2.32 bits per heavy atom. The Hall–Kier alpha value is -4.39. The van der Waals surface area contributed by atoms with Gasteiger partial charge in [-0.1, -0.05) is 60.7 Å². The van der Waals surface area contributed by atoms with Gasteiger partial charge in [-0.3, -0.25) is 14.5 Å². The van der Waals surface area contributed by atoms with Crippen LogP contribution >= 0.6 is 0 Å². The third-order valence-corrected chi connectivity index (χ3v) is 6.29. The van der Waals surface area contributed by atoms with Gasteiger partial charge in [0.25, 0.3) is 5.91 Å². The van der Waals surface area contributed by atoms with Gasteiger partial charge >= 0.3 is 6.03 Å². The maximum atomic E-state index is 13.6. The largest absolute Gasteiger partial charge is 0.497 e. The van der Waals surface area contributed by atoms with E-state index in [1.165, 1.54) is 0 Å². The van der Waals surface area contributed by atoms with Gasteiger partial charge in [-0.25, -0.2) is 4.79 Å². The summed E-state index contributed by atoms with van der Waals surface area (Å²) in [6.45, 7) is 1.28. The van der Waals surface area contributed by atoms with Gasteiger partial charge in [-0.15, -0.1) is 0 Å². The molecule has 3 amide bonds. The first-order chi connectivity index (χ1) is 16.4. The number of Topliss-reactive ketones (excluding diaryl/α,β-unsaturated/α-hetero) is 1. The number of methoxy groups -OCH3 is 1. The lowest BCUT2D eigenvalue weighted by molar-refractivity contribution is -0.130. The summed E-state index contributed by atoms with van der Waals surface area (Å²) in [6, 6.07) is 23.3. The van der Waals surface area contributed by atoms with E-state index in [0.717, 1.165) is 21.4 Å². The maximum Gasteiger partial charge on any atom is 0.325 e. The second-order valence-electron chi connectivity index (χ2n) is 8.38. The first kappa shape index (κ1) is 21.5. The first-order valence-electron chi connectivity index (χ1n) is 10.9. The van der Waals surface area contributed by atoms with Crippen molar-refractivity contribution in [2.45, 2.75) is 12.5 Å². The minimum absolute atomic E-state index is 0.321. The monoisotopic (exact) mass is 453 g/mol. The Bertz CT molecular complexity index is 1410. The number of aromatic amines is 1. The number of H-pyrrole nitrogens is 1. The molecule has 1 saturated heterocycles. The molecule has 0 radical (unpaired) electrons. The average molecular weight is 453 g/mol. The van der Waals surface area contributed by atoms with Crippen LogP contribution in [0.25, 0.3) is 22.2 Å². The highest BCUT2D eigenvalue weighted by Gasteiger charge is 2.49. The van der Waals surface area contributed by atoms with Crippen LogP contribution in [0.5, 0.6) is 5.75 Å². The third kappa shape index (κ3) is 3.42. The molecule has 1 atom stereocenters. The molecule has 7 heteroatoms. The van der Waals surface area contributed by atoms with Crippen LogP contribution in [0.2, 0.25) is 0 Å². The fourth-order valence-electron chi connectivity index (χ4n) is 4.44. The minimum atomic E-state index is -1.27. The van der Waals surface area contributed by atoms with E-state index in [-0.39, 0.29) is 12.3 Å². The SMILES string of the molecule is COc1ccc(C2(C)NC(=O)N(CC(=O)c3c(-c4ccccc4)[nH]c4ccccc34)C2=O)cc1. The molecule has 1 unspecified atom stereocenters. The van der Waals surface area contributed by atoms with Crippen LogP contribution in [0.4, 0.5) is 4.79 Å². The molecule has 170 valence electrons. The smallest absolute Gasteiger partial charge is 0.325 e. The van der Waals surface area contributed by atoms with E-state index in [0.29, 0.717) is 22.6 Å². The molecule has 7 nitrogen and oxygen atoms in total. The molecular formula is C27H23N3O4. The first-order valence-corrected chi connectivity index (χ1v) is 10.9. The zero-order chi connectivity index (χ0) is 23.9. The normalized spacial score (nSPS) is 17.8. The molecule has 0 aliphatic carbocycles. The number of fused-ring (bicyclic) bond motifs is 1. The number of hydrogen-bond donors (Lipinski definition) is 2. The quantitative estimate of drug-likeness (QED) is 0.332. The number of carbonyl (C=O) groups excluding carboxylic acids is 3. The second kappa shape index (κ2) is 8.19. The predicted octanol–water partition coefficient (Wildman–Crippen LogP) is 4.49. The second-order valence-corrected chi connectivity index (χ2v) is 8.38. The Labute approximate surface area is 196 Å². The molecule has 3 aromatic carbocycles. The Balaban J connectivity index is 1.49. The van der Waals surface area contributed by atoms with Gasteiger partial charge in [0.2, 0.25) is 0 Å². The molecule has 1 aliphatic rings. The summed E-state index contributed by atoms with van der Waals surface area (Å²) in [4.78, 5) is 44.1. The van der Waals surface area contributed by atoms with E-state index >= 15 is 0 Å². The highest BCUT2D eigenvalue weighted by Crippen LogP contribution is 2.33. The van der Waals surface area contributed by atoms with Crippen molar-refractivity contribution in [3.63, 3.8) is 0 Å². The number of nitrogens with one attached hydrogen (secondary N) is 2. The summed E-state index contributed by atoms with van der Waals surface area (Å²) in [5.41, 5.74) is 2.12. The molecule has 1 fully saturated rings. The Morgan fingerprint density at radius 1 is 0.941 bits per heavy atom. The van der Waals surface area contributed by atoms with Crippen LogP contribution in [-0.4, -0.2) is 41.3 Å². The maximum absolute atomic E-state index is 13.6. The zero-order valence-electron chi connectivity index (χ0n) is 18.8. The van der Waals surface area contributed by atoms with Crippen LogP contribution < -0.4 is 10.1 Å². The molecule has 0 saturated carbocycles. The molecule has 1 aromatic heterocycles. The van der Waals surface area contributed by atoms with E-state index in [9.17, 15) is 14.4 Å². The fourth-order valence-corrected chi connectivity index (χ4v) is 4.44. The van der Waals surface area contributed by atoms with Crippen molar-refractivity contribution >= 4 is 28.6 Å². The number of hydrogen-bond acceptors (Lipinski definition) is 4. The number of para-hydroxylation sites is 1. The number of ketones is 1. The molecule has 4 aromatic rings. The van der Waals surface area contributed by atoms with E-state index in [4.69, 9.17) is 4.74 Å². The molecule has 5 rings (SSSR count). The number of carbonyl (C=O) groups is 3. The summed E-state index contributed by atoms with van der Waals surface area (Å²) in [5, 5.41) is 3.50. The number of rotatable bonds is 6. The number of imide groups is 1. The van der Waals surface area contributed by atoms with Gasteiger partial charge in [-0.05, 0) is 36.2 Å². The molecule has 1 aliphatic heterocycles. The molecular weight excluding hydrogens is 430 g/mol. The minimum Gasteiger partial charge on any atom is -0.497 e. The topological polar surface area (TPSA) is 91.5 Å². The van der Waals surface area contributed by atoms with Gasteiger partial charge in [0.15, 0.2) is 5.78 Å². The number of urea groups is 1. The van der Waals surface area contributed by atoms with Crippen LogP contribution in [0.1, 0.15) is 22.8 Å². The van der Waals surface area contributed by atoms with E-state index in [1.54, 1.807) is 38.3 Å². The van der Waals surface area contributed by atoms with Crippen molar-refractivity contribution in [2.75, 3.05) is 13.7 Å². The van der Waals surface area contributed by atoms with Gasteiger partial charge in [0.05, 0.1) is 24.9 Å². The molecule has 34 heavy (non-hydrogen) atoms. The van der Waals surface area contributed by atoms with Crippen molar-refractivity contribution < 1.29 is 19.1 Å². The van der Waals surface area contributed by atoms with Gasteiger partial charge in [-0.2, -0.15) is 0 Å². The van der Waals surface area contributed by atoms with Crippen LogP contribution in [0.3, 0.4) is 0 Å². The van der Waals surface area contributed by atoms with Crippen LogP contribution in [0.15, 0.2) is 78.9 Å². The van der Waals surface area contributed by atoms with Crippen molar-refractivity contribution in [1.82, 2.24) is 15.2 Å². The zero-order valence-corrected chi connectivity index (χ0v) is 18.8. The van der Waals surface area contributed by atoms with Crippen molar-refractivity contribution in [3.05, 3.63) is 90.0 Å². The van der Waals surface area contributed by atoms with Crippen molar-refractivity contribution in [3.8, 4) is 17.0 Å². The fraction of sp³-hybridized carbons (Fsp3) is 0.148. The lowest BCUT2D eigenvalue weighted by atomic mass is 9.92. The van der Waals surface area contributed by atoms with Gasteiger partial charge < -0.3 is 15.0 Å². The molecule has 2 heterocycles. The Morgan fingerprint density at radius 2 is 1.62 bits per heavy atom. The van der Waals surface area contributed by atoms with Crippen molar-refractivity contribution in [1.29, 1.82) is 0 Å². The van der Waals surface area contributed by atoms with Crippen molar-refractivity contribution in [2.24, 2.45) is 0 Å². The van der Waals surface area contributed by atoms with E-state index < -0.39 is 17.5 Å². The molecule has 0 spiro atoms. The average Bonchev–Trinajstić information content (AvgIpc) is 3.36. The number of benzene rings is 3. The number of ether oxygens (including phenoxy) is 1. The summed E-state index contributed by atoms with van der Waals surface area (Å²) in [5.74, 6) is -0.153. The summed E-state index contributed by atoms with van der Waals surface area (Å²) in [7, 11) is 1.56. The highest BCUT2D eigenvalue weighted by molar-refractivity contribution is 6.17. The lowest BCUT2D eigenvalue weighted by Crippen LogP contribution is -2.41. The number of aromatic nitrogens is 1. The standard InChI is InChI=1S/C27H23N3O4/c1-27(18-12-14-19(34-2)15-13-18)25(32)30(26(33)29-27)16-22(31)23-20-10-6-7-11-21(20)28-24(23)17-8-4-3-5-9-17/h3-15,28H,16H2,1-2H3,(H,29,33). The number of amides is 3. The predicted molar refractivity (Wildman–Crippen MR) is 129 cm³/mol. The van der Waals surface area contributed by atoms with E-state index in [1.807, 2.05) is 54.6 Å². The van der Waals surface area contributed by atoms with Gasteiger partial charge in [0, 0.05) is 10.9 Å².